The molecule has 4 nitrogen and oxygen atoms in total. The van der Waals surface area contributed by atoms with Crippen LogP contribution in [0.25, 0.3) is 0 Å². The molecule has 0 spiro atoms. The van der Waals surface area contributed by atoms with Crippen molar-refractivity contribution < 1.29 is 9.47 Å². The van der Waals surface area contributed by atoms with Gasteiger partial charge < -0.3 is 9.47 Å². The molecule has 3 rings (SSSR count). The fraction of sp³-hybridized carbons (Fsp3) is 0.588. The minimum atomic E-state index is -0.715. The molecule has 1 aliphatic carbocycles. The summed E-state index contributed by atoms with van der Waals surface area (Å²) in [6, 6.07) is 12.9. The zero-order chi connectivity index (χ0) is 14.8. The van der Waals surface area contributed by atoms with Crippen molar-refractivity contribution in [2.45, 2.75) is 38.0 Å². The molecule has 2 fully saturated rings. The molecule has 0 bridgehead atoms. The average Bonchev–Trinajstić information content (AvgIpc) is 2.55. The van der Waals surface area contributed by atoms with Crippen LogP contribution in [0.3, 0.4) is 0 Å². The third-order valence-electron chi connectivity index (χ3n) is 4.86. The zero-order valence-electron chi connectivity index (χ0n) is 12.5. The molecule has 1 saturated carbocycles. The van der Waals surface area contributed by atoms with Gasteiger partial charge in [0.15, 0.2) is 5.79 Å². The van der Waals surface area contributed by atoms with Gasteiger partial charge in [-0.1, -0.05) is 36.8 Å². The van der Waals surface area contributed by atoms with Crippen molar-refractivity contribution in [1.29, 1.82) is 5.26 Å². The predicted octanol–water partition coefficient (Wildman–Crippen LogP) is 2.90. The van der Waals surface area contributed by atoms with Gasteiger partial charge in [0.05, 0.1) is 6.07 Å². The number of nitrogens with zero attached hydrogens (tertiary/aromatic N) is 2. The summed E-state index contributed by atoms with van der Waals surface area (Å²) >= 11 is 0. The molecule has 4 heteroatoms. The van der Waals surface area contributed by atoms with Gasteiger partial charge in [-0.15, -0.1) is 0 Å². The quantitative estimate of drug-likeness (QED) is 0.857. The smallest absolute Gasteiger partial charge is 0.189 e. The van der Waals surface area contributed by atoms with Gasteiger partial charge in [-0.05, 0) is 18.4 Å². The van der Waals surface area contributed by atoms with E-state index in [0.29, 0.717) is 13.3 Å². The van der Waals surface area contributed by atoms with E-state index in [1.54, 1.807) is 7.11 Å². The van der Waals surface area contributed by atoms with Crippen molar-refractivity contribution in [2.75, 3.05) is 20.4 Å². The molecular formula is C17H22N2O2. The molecule has 0 aromatic heterocycles. The molecule has 0 amide bonds. The summed E-state index contributed by atoms with van der Waals surface area (Å²) in [6.45, 7) is 2.04. The Morgan fingerprint density at radius 1 is 1.29 bits per heavy atom. The molecule has 0 N–H and O–H groups in total. The Morgan fingerprint density at radius 2 is 2.05 bits per heavy atom. The van der Waals surface area contributed by atoms with E-state index in [2.05, 4.69) is 23.1 Å². The Labute approximate surface area is 126 Å². The number of fused-ring (bicyclic) bond motifs is 1. The second-order valence-electron chi connectivity index (χ2n) is 6.10. The van der Waals surface area contributed by atoms with Crippen LogP contribution in [0, 0.1) is 16.7 Å². The van der Waals surface area contributed by atoms with Crippen molar-refractivity contribution >= 4 is 0 Å². The summed E-state index contributed by atoms with van der Waals surface area (Å²) in [6.07, 6.45) is 3.80. The van der Waals surface area contributed by atoms with Crippen molar-refractivity contribution in [3.05, 3.63) is 35.9 Å². The molecular weight excluding hydrogens is 264 g/mol. The monoisotopic (exact) mass is 286 g/mol. The summed E-state index contributed by atoms with van der Waals surface area (Å²) in [4.78, 5) is 2.21. The lowest BCUT2D eigenvalue weighted by atomic mass is 9.69. The van der Waals surface area contributed by atoms with Crippen LogP contribution in [0.5, 0.6) is 0 Å². The Kier molecular flexibility index (Phi) is 3.99. The number of ether oxygens (including phenoxy) is 2. The van der Waals surface area contributed by atoms with Crippen LogP contribution in [-0.2, 0) is 16.0 Å². The molecule has 1 aromatic carbocycles. The van der Waals surface area contributed by atoms with Gasteiger partial charge in [-0.3, -0.25) is 4.90 Å². The SMILES string of the molecule is CO[C@]12CCCC[C@]1(C#N)CN(Cc1ccccc1)CO2. The van der Waals surface area contributed by atoms with E-state index in [0.717, 1.165) is 32.2 Å². The second kappa shape index (κ2) is 5.76. The molecule has 112 valence electrons. The van der Waals surface area contributed by atoms with Gasteiger partial charge in [0, 0.05) is 26.6 Å². The highest BCUT2D eigenvalue weighted by atomic mass is 16.7. The Morgan fingerprint density at radius 3 is 2.76 bits per heavy atom. The van der Waals surface area contributed by atoms with Crippen LogP contribution >= 0.6 is 0 Å². The van der Waals surface area contributed by atoms with E-state index < -0.39 is 11.2 Å². The number of benzene rings is 1. The molecule has 2 atom stereocenters. The third-order valence-corrected chi connectivity index (χ3v) is 4.86. The molecule has 1 aliphatic heterocycles. The maximum atomic E-state index is 9.82. The van der Waals surface area contributed by atoms with Gasteiger partial charge in [0.2, 0.25) is 0 Å². The first-order valence-corrected chi connectivity index (χ1v) is 7.60. The van der Waals surface area contributed by atoms with Gasteiger partial charge in [-0.25, -0.2) is 0 Å². The highest BCUT2D eigenvalue weighted by molar-refractivity contribution is 5.17. The van der Waals surface area contributed by atoms with Crippen molar-refractivity contribution in [3.8, 4) is 6.07 Å². The van der Waals surface area contributed by atoms with Crippen molar-refractivity contribution in [2.24, 2.45) is 5.41 Å². The summed E-state index contributed by atoms with van der Waals surface area (Å²) in [5.41, 5.74) is 0.697. The average molecular weight is 286 g/mol. The molecule has 1 heterocycles. The lowest BCUT2D eigenvalue weighted by molar-refractivity contribution is -0.332. The Bertz CT molecular complexity index is 527. The summed E-state index contributed by atoms with van der Waals surface area (Å²) in [7, 11) is 1.67. The third kappa shape index (κ3) is 2.46. The predicted molar refractivity (Wildman–Crippen MR) is 79.1 cm³/mol. The second-order valence-corrected chi connectivity index (χ2v) is 6.10. The molecule has 0 radical (unpaired) electrons. The van der Waals surface area contributed by atoms with Gasteiger partial charge in [0.1, 0.15) is 12.1 Å². The van der Waals surface area contributed by atoms with Crippen LogP contribution in [-0.4, -0.2) is 31.1 Å². The molecule has 2 aliphatic rings. The summed E-state index contributed by atoms with van der Waals surface area (Å²) in [5, 5.41) is 9.82. The van der Waals surface area contributed by atoms with Crippen LogP contribution in [0.15, 0.2) is 30.3 Å². The van der Waals surface area contributed by atoms with E-state index >= 15 is 0 Å². The Hall–Kier alpha value is -1.41. The molecule has 21 heavy (non-hydrogen) atoms. The lowest BCUT2D eigenvalue weighted by Crippen LogP contribution is -2.63. The van der Waals surface area contributed by atoms with E-state index in [1.807, 2.05) is 18.2 Å². The maximum absolute atomic E-state index is 9.82. The maximum Gasteiger partial charge on any atom is 0.189 e. The number of nitriles is 1. The van der Waals surface area contributed by atoms with E-state index in [-0.39, 0.29) is 0 Å². The standard InChI is InChI=1S/C17H22N2O2/c1-20-17-10-6-5-9-16(17,12-18)13-19(14-21-17)11-15-7-3-2-4-8-15/h2-4,7-8H,5-6,9-11,13-14H2,1H3/t16-,17-/m0/s1. The highest BCUT2D eigenvalue weighted by Gasteiger charge is 2.58. The Balaban J connectivity index is 1.80. The topological polar surface area (TPSA) is 45.5 Å². The van der Waals surface area contributed by atoms with Crippen LogP contribution < -0.4 is 0 Å². The minimum absolute atomic E-state index is 0.520. The van der Waals surface area contributed by atoms with Crippen LogP contribution in [0.1, 0.15) is 31.2 Å². The van der Waals surface area contributed by atoms with Gasteiger partial charge >= 0.3 is 0 Å². The normalized spacial score (nSPS) is 33.1. The largest absolute Gasteiger partial charge is 0.352 e. The van der Waals surface area contributed by atoms with E-state index in [4.69, 9.17) is 9.47 Å². The summed E-state index contributed by atoms with van der Waals surface area (Å²) in [5.74, 6) is -0.715. The van der Waals surface area contributed by atoms with Crippen molar-refractivity contribution in [1.82, 2.24) is 4.90 Å². The fourth-order valence-electron chi connectivity index (χ4n) is 3.72. The molecule has 1 saturated heterocycles. The van der Waals surface area contributed by atoms with E-state index in [1.165, 1.54) is 5.56 Å². The number of hydrogen-bond acceptors (Lipinski definition) is 4. The minimum Gasteiger partial charge on any atom is -0.352 e. The molecule has 1 aromatic rings. The zero-order valence-corrected chi connectivity index (χ0v) is 12.5. The van der Waals surface area contributed by atoms with Crippen LogP contribution in [0.2, 0.25) is 0 Å². The number of rotatable bonds is 3. The lowest BCUT2D eigenvalue weighted by Gasteiger charge is -2.53. The highest BCUT2D eigenvalue weighted by Crippen LogP contribution is 2.49. The van der Waals surface area contributed by atoms with Crippen LogP contribution in [0.4, 0.5) is 0 Å². The molecule has 0 unspecified atom stereocenters. The number of hydrogen-bond donors (Lipinski definition) is 0. The first kappa shape index (κ1) is 14.5. The first-order chi connectivity index (χ1) is 10.2. The summed E-state index contributed by atoms with van der Waals surface area (Å²) < 4.78 is 11.8. The van der Waals surface area contributed by atoms with Gasteiger partial charge in [0.25, 0.3) is 0 Å². The van der Waals surface area contributed by atoms with Gasteiger partial charge in [-0.2, -0.15) is 5.26 Å². The van der Waals surface area contributed by atoms with E-state index in [9.17, 15) is 5.26 Å². The fourth-order valence-corrected chi connectivity index (χ4v) is 3.72. The van der Waals surface area contributed by atoms with Crippen molar-refractivity contribution in [3.63, 3.8) is 0 Å². The number of methoxy groups -OCH3 is 1. The first-order valence-electron chi connectivity index (χ1n) is 7.60.